The molecule has 0 bridgehead atoms. The monoisotopic (exact) mass is 512 g/mol. The summed E-state index contributed by atoms with van der Waals surface area (Å²) < 4.78 is 5.34. The normalized spacial score (nSPS) is 13.4. The second-order valence-electron chi connectivity index (χ2n) is 8.96. The van der Waals surface area contributed by atoms with Gasteiger partial charge < -0.3 is 19.8 Å². The Hall–Kier alpha value is -3.53. The number of hydrogen-bond donors (Lipinski definition) is 1. The first-order valence-corrected chi connectivity index (χ1v) is 13.0. The van der Waals surface area contributed by atoms with Crippen molar-refractivity contribution in [3.8, 4) is 0 Å². The Morgan fingerprint density at radius 3 is 2.46 bits per heavy atom. The van der Waals surface area contributed by atoms with Crippen LogP contribution in [-0.4, -0.2) is 71.6 Å². The molecule has 3 rings (SSSR count). The Morgan fingerprint density at radius 1 is 1.03 bits per heavy atom. The van der Waals surface area contributed by atoms with Crippen LogP contribution in [0.1, 0.15) is 57.1 Å². The van der Waals surface area contributed by atoms with E-state index in [1.165, 1.54) is 0 Å². The highest BCUT2D eigenvalue weighted by Crippen LogP contribution is 2.18. The van der Waals surface area contributed by atoms with Crippen molar-refractivity contribution in [1.82, 2.24) is 20.3 Å². The van der Waals surface area contributed by atoms with Crippen molar-refractivity contribution in [2.75, 3.05) is 32.8 Å². The summed E-state index contributed by atoms with van der Waals surface area (Å²) in [7, 11) is 0. The quantitative estimate of drug-likeness (QED) is 0.233. The van der Waals surface area contributed by atoms with E-state index >= 15 is 0 Å². The fourth-order valence-corrected chi connectivity index (χ4v) is 4.11. The van der Waals surface area contributed by atoms with Crippen LogP contribution in [0.15, 0.2) is 30.5 Å². The predicted octanol–water partition coefficient (Wildman–Crippen LogP) is 3.17. The Morgan fingerprint density at radius 2 is 1.73 bits per heavy atom. The van der Waals surface area contributed by atoms with Gasteiger partial charge in [-0.2, -0.15) is 0 Å². The first-order chi connectivity index (χ1) is 17.9. The first-order valence-electron chi connectivity index (χ1n) is 13.0. The number of hydroxylamine groups is 2. The van der Waals surface area contributed by atoms with Gasteiger partial charge in [0.15, 0.2) is 0 Å². The van der Waals surface area contributed by atoms with Crippen molar-refractivity contribution in [2.24, 2.45) is 0 Å². The van der Waals surface area contributed by atoms with Crippen LogP contribution in [-0.2, 0) is 36.8 Å². The third-order valence-electron chi connectivity index (χ3n) is 6.31. The SMILES string of the molecule is CCN(CC)CCOC(=O)CCCc1cnc2ccc(CCCNC(=O)ON3C(=O)CCC3=O)cc2c1. The minimum absolute atomic E-state index is 0.0639. The summed E-state index contributed by atoms with van der Waals surface area (Å²) in [6.07, 6.45) is 4.37. The van der Waals surface area contributed by atoms with E-state index in [2.05, 4.69) is 41.2 Å². The second kappa shape index (κ2) is 14.3. The number of aryl methyl sites for hydroxylation is 2. The molecular formula is C27H36N4O6. The van der Waals surface area contributed by atoms with Gasteiger partial charge in [-0.15, -0.1) is 5.06 Å². The topological polar surface area (TPSA) is 118 Å². The van der Waals surface area contributed by atoms with E-state index in [1.54, 1.807) is 0 Å². The van der Waals surface area contributed by atoms with E-state index in [-0.39, 0.29) is 18.8 Å². The number of fused-ring (bicyclic) bond motifs is 1. The van der Waals surface area contributed by atoms with E-state index in [4.69, 9.17) is 9.57 Å². The highest BCUT2D eigenvalue weighted by atomic mass is 16.7. The average Bonchev–Trinajstić information content (AvgIpc) is 3.21. The minimum atomic E-state index is -0.816. The molecule has 10 nitrogen and oxygen atoms in total. The smallest absolute Gasteiger partial charge is 0.432 e. The molecule has 0 unspecified atom stereocenters. The van der Waals surface area contributed by atoms with Crippen molar-refractivity contribution < 1.29 is 28.8 Å². The molecule has 0 saturated carbocycles. The van der Waals surface area contributed by atoms with Crippen LogP contribution in [0.4, 0.5) is 4.79 Å². The van der Waals surface area contributed by atoms with Gasteiger partial charge in [0, 0.05) is 43.9 Å². The number of aromatic nitrogens is 1. The summed E-state index contributed by atoms with van der Waals surface area (Å²) in [5.74, 6) is -1.18. The van der Waals surface area contributed by atoms with Gasteiger partial charge in [-0.3, -0.25) is 19.4 Å². The average molecular weight is 513 g/mol. The zero-order valence-corrected chi connectivity index (χ0v) is 21.7. The summed E-state index contributed by atoms with van der Waals surface area (Å²) in [6.45, 7) is 7.60. The molecule has 1 aliphatic heterocycles. The number of carbonyl (C=O) groups excluding carboxylic acids is 4. The summed E-state index contributed by atoms with van der Waals surface area (Å²) in [5.41, 5.74) is 3.06. The molecule has 1 N–H and O–H groups in total. The number of ether oxygens (including phenoxy) is 1. The first kappa shape index (κ1) is 28.0. The Labute approximate surface area is 217 Å². The standard InChI is InChI=1S/C27H36N4O6/c1-3-30(4-2)15-16-36-26(34)9-5-7-21-18-22-17-20(10-11-23(22)29-19-21)8-6-14-28-27(35)37-31-24(32)12-13-25(31)33/h10-11,17-19H,3-9,12-16H2,1-2H3,(H,28,35). The number of pyridine rings is 1. The van der Waals surface area contributed by atoms with E-state index in [0.29, 0.717) is 37.5 Å². The number of likely N-dealkylation sites (N-methyl/N-ethyl adjacent to an activating group) is 1. The molecule has 0 aliphatic carbocycles. The highest BCUT2D eigenvalue weighted by molar-refractivity contribution is 6.01. The van der Waals surface area contributed by atoms with Crippen LogP contribution in [0.3, 0.4) is 0 Å². The zero-order valence-electron chi connectivity index (χ0n) is 21.7. The van der Waals surface area contributed by atoms with Crippen molar-refractivity contribution in [3.63, 3.8) is 0 Å². The fraction of sp³-hybridized carbons (Fsp3) is 0.519. The van der Waals surface area contributed by atoms with Gasteiger partial charge >= 0.3 is 12.1 Å². The molecule has 2 aromatic rings. The maximum absolute atomic E-state index is 12.0. The van der Waals surface area contributed by atoms with Gasteiger partial charge in [0.25, 0.3) is 11.8 Å². The van der Waals surface area contributed by atoms with Gasteiger partial charge in [0.05, 0.1) is 5.52 Å². The van der Waals surface area contributed by atoms with E-state index in [9.17, 15) is 19.2 Å². The third-order valence-corrected chi connectivity index (χ3v) is 6.31. The summed E-state index contributed by atoms with van der Waals surface area (Å²) in [4.78, 5) is 58.4. The summed E-state index contributed by atoms with van der Waals surface area (Å²) >= 11 is 0. The summed E-state index contributed by atoms with van der Waals surface area (Å²) in [5, 5.41) is 4.11. The molecule has 0 atom stereocenters. The number of nitrogens with one attached hydrogen (secondary N) is 1. The van der Waals surface area contributed by atoms with E-state index in [1.807, 2.05) is 18.3 Å². The molecule has 2 heterocycles. The number of benzene rings is 1. The number of amides is 3. The van der Waals surface area contributed by atoms with Crippen LogP contribution in [0.2, 0.25) is 0 Å². The molecular weight excluding hydrogens is 476 g/mol. The number of carbonyl (C=O) groups is 4. The zero-order chi connectivity index (χ0) is 26.6. The lowest BCUT2D eigenvalue weighted by Gasteiger charge is -2.17. The Balaban J connectivity index is 1.39. The van der Waals surface area contributed by atoms with Gasteiger partial charge in [0.1, 0.15) is 6.61 Å². The largest absolute Gasteiger partial charge is 0.464 e. The van der Waals surface area contributed by atoms with Gasteiger partial charge in [-0.25, -0.2) is 4.79 Å². The van der Waals surface area contributed by atoms with Crippen molar-refractivity contribution >= 4 is 34.8 Å². The van der Waals surface area contributed by atoms with Crippen LogP contribution < -0.4 is 5.32 Å². The van der Waals surface area contributed by atoms with Gasteiger partial charge in [-0.05, 0) is 68.1 Å². The molecule has 0 radical (unpaired) electrons. The van der Waals surface area contributed by atoms with E-state index < -0.39 is 17.9 Å². The van der Waals surface area contributed by atoms with Crippen LogP contribution in [0, 0.1) is 0 Å². The predicted molar refractivity (Wildman–Crippen MR) is 137 cm³/mol. The molecule has 37 heavy (non-hydrogen) atoms. The summed E-state index contributed by atoms with van der Waals surface area (Å²) in [6, 6.07) is 8.14. The van der Waals surface area contributed by atoms with E-state index in [0.717, 1.165) is 54.5 Å². The van der Waals surface area contributed by atoms with Crippen molar-refractivity contribution in [2.45, 2.75) is 58.8 Å². The maximum atomic E-state index is 12.0. The highest BCUT2D eigenvalue weighted by Gasteiger charge is 2.32. The number of nitrogens with zero attached hydrogens (tertiary/aromatic N) is 3. The molecule has 1 aliphatic rings. The molecule has 3 amide bonds. The van der Waals surface area contributed by atoms with Crippen LogP contribution in [0.25, 0.3) is 10.9 Å². The fourth-order valence-electron chi connectivity index (χ4n) is 4.11. The Kier molecular flexibility index (Phi) is 10.8. The molecule has 10 heteroatoms. The van der Waals surface area contributed by atoms with Crippen LogP contribution >= 0.6 is 0 Å². The molecule has 1 aromatic carbocycles. The van der Waals surface area contributed by atoms with Crippen molar-refractivity contribution in [1.29, 1.82) is 0 Å². The number of hydrogen-bond acceptors (Lipinski definition) is 8. The minimum Gasteiger partial charge on any atom is -0.464 e. The van der Waals surface area contributed by atoms with Crippen molar-refractivity contribution in [3.05, 3.63) is 41.6 Å². The molecule has 1 fully saturated rings. The lowest BCUT2D eigenvalue weighted by Crippen LogP contribution is -2.37. The number of esters is 1. The maximum Gasteiger partial charge on any atom is 0.432 e. The number of rotatable bonds is 14. The lowest BCUT2D eigenvalue weighted by atomic mass is 10.0. The Bertz CT molecular complexity index is 1090. The lowest BCUT2D eigenvalue weighted by molar-refractivity contribution is -0.171. The molecule has 0 spiro atoms. The van der Waals surface area contributed by atoms with Crippen LogP contribution in [0.5, 0.6) is 0 Å². The third kappa shape index (κ3) is 8.82. The molecule has 1 aromatic heterocycles. The molecule has 1 saturated heterocycles. The molecule has 200 valence electrons. The second-order valence-corrected chi connectivity index (χ2v) is 8.96. The number of imide groups is 1. The van der Waals surface area contributed by atoms with Gasteiger partial charge in [0.2, 0.25) is 0 Å². The van der Waals surface area contributed by atoms with Gasteiger partial charge in [-0.1, -0.05) is 19.9 Å².